The fraction of sp³-hybridized carbons (Fsp3) is 0.250. The maximum absolute atomic E-state index is 13.3. The van der Waals surface area contributed by atoms with Crippen molar-refractivity contribution in [2.45, 2.75) is 12.5 Å². The quantitative estimate of drug-likeness (QED) is 0.540. The van der Waals surface area contributed by atoms with Crippen LogP contribution in [0.4, 0.5) is 10.1 Å². The summed E-state index contributed by atoms with van der Waals surface area (Å²) in [4.78, 5) is 24.3. The highest BCUT2D eigenvalue weighted by Crippen LogP contribution is 2.29. The van der Waals surface area contributed by atoms with Crippen molar-refractivity contribution in [1.82, 2.24) is 19.3 Å². The van der Waals surface area contributed by atoms with E-state index in [4.69, 9.17) is 0 Å². The topological polar surface area (TPSA) is 56.6 Å². The Kier molecular flexibility index (Phi) is 4.82. The van der Waals surface area contributed by atoms with Crippen molar-refractivity contribution in [2.24, 2.45) is 0 Å². The van der Waals surface area contributed by atoms with Crippen LogP contribution in [-0.4, -0.2) is 46.5 Å². The Balaban J connectivity index is 1.33. The van der Waals surface area contributed by atoms with Gasteiger partial charge in [-0.05, 0) is 42.0 Å². The van der Waals surface area contributed by atoms with Crippen LogP contribution in [0.2, 0.25) is 0 Å². The number of halogens is 1. The van der Waals surface area contributed by atoms with Gasteiger partial charge >= 0.3 is 0 Å². The lowest BCUT2D eigenvalue weighted by atomic mass is 9.91. The molecule has 0 spiro atoms. The molecule has 5 rings (SSSR count). The maximum Gasteiger partial charge on any atom is 0.274 e. The van der Waals surface area contributed by atoms with Gasteiger partial charge in [-0.1, -0.05) is 12.1 Å². The predicted molar refractivity (Wildman–Crippen MR) is 120 cm³/mol. The van der Waals surface area contributed by atoms with Crippen molar-refractivity contribution in [2.75, 3.05) is 32.1 Å². The molecule has 2 aromatic heterocycles. The first-order valence-electron chi connectivity index (χ1n) is 10.3. The van der Waals surface area contributed by atoms with Crippen LogP contribution in [0.1, 0.15) is 17.2 Å². The summed E-state index contributed by atoms with van der Waals surface area (Å²) in [5.41, 5.74) is 4.45. The van der Waals surface area contributed by atoms with Gasteiger partial charge in [-0.3, -0.25) is 14.1 Å². The number of hydrogen-bond donors (Lipinski definition) is 1. The number of hydrogen-bond acceptors (Lipinski definition) is 4. The van der Waals surface area contributed by atoms with Crippen LogP contribution in [0.25, 0.3) is 16.9 Å². The van der Waals surface area contributed by atoms with Crippen LogP contribution >= 0.6 is 0 Å². The van der Waals surface area contributed by atoms with Gasteiger partial charge < -0.3 is 9.88 Å². The van der Waals surface area contributed by atoms with E-state index in [-0.39, 0.29) is 11.4 Å². The highest BCUT2D eigenvalue weighted by molar-refractivity contribution is 5.61. The molecular weight excluding hydrogens is 393 g/mol. The lowest BCUT2D eigenvalue weighted by molar-refractivity contribution is 0.137. The number of likely N-dealkylation sites (tertiary alicyclic amines) is 1. The van der Waals surface area contributed by atoms with E-state index in [2.05, 4.69) is 44.0 Å². The van der Waals surface area contributed by atoms with Crippen molar-refractivity contribution in [3.8, 4) is 11.4 Å². The number of imidazole rings is 1. The molecule has 2 aromatic carbocycles. The van der Waals surface area contributed by atoms with E-state index in [0.29, 0.717) is 23.8 Å². The molecule has 0 unspecified atom stereocenters. The van der Waals surface area contributed by atoms with Gasteiger partial charge in [-0.15, -0.1) is 0 Å². The number of rotatable bonds is 5. The summed E-state index contributed by atoms with van der Waals surface area (Å²) in [5.74, 6) is 0.839. The minimum absolute atomic E-state index is 0.172. The van der Waals surface area contributed by atoms with E-state index < -0.39 is 0 Å². The number of benzene rings is 2. The number of nitrogens with one attached hydrogen (secondary N) is 1. The fourth-order valence-electron chi connectivity index (χ4n) is 4.15. The van der Waals surface area contributed by atoms with Crippen molar-refractivity contribution < 1.29 is 4.39 Å². The summed E-state index contributed by atoms with van der Waals surface area (Å²) in [6.07, 6.45) is 3.47. The lowest BCUT2D eigenvalue weighted by Gasteiger charge is -2.39. The van der Waals surface area contributed by atoms with E-state index >= 15 is 0 Å². The van der Waals surface area contributed by atoms with Gasteiger partial charge in [0.1, 0.15) is 17.2 Å². The van der Waals surface area contributed by atoms with Gasteiger partial charge in [0.15, 0.2) is 0 Å². The Bertz CT molecular complexity index is 1270. The number of aromatic amines is 1. The number of H-pyrrole nitrogens is 1. The standard InChI is InChI=1S/C24H24FN5O/c1-28(2)21-9-5-16(6-10-21)18-12-29(13-18)14-20-15-30-22(24(31)27-20)11-26-23(30)17-3-7-19(25)8-4-17/h3-11,15,18H,12-14H2,1-2H3,(H,27,31). The van der Waals surface area contributed by atoms with E-state index in [1.165, 1.54) is 23.4 Å². The lowest BCUT2D eigenvalue weighted by Crippen LogP contribution is -2.44. The zero-order valence-electron chi connectivity index (χ0n) is 17.5. The van der Waals surface area contributed by atoms with Crippen LogP contribution < -0.4 is 10.5 Å². The van der Waals surface area contributed by atoms with Crippen molar-refractivity contribution in [1.29, 1.82) is 0 Å². The number of nitrogens with zero attached hydrogens (tertiary/aromatic N) is 4. The average Bonchev–Trinajstić information content (AvgIpc) is 3.15. The summed E-state index contributed by atoms with van der Waals surface area (Å²) in [7, 11) is 4.08. The molecule has 7 heteroatoms. The minimum Gasteiger partial charge on any atom is -0.378 e. The molecule has 1 aliphatic rings. The van der Waals surface area contributed by atoms with Gasteiger partial charge in [0, 0.05) is 62.8 Å². The third-order valence-corrected chi connectivity index (χ3v) is 5.92. The number of aromatic nitrogens is 3. The molecule has 6 nitrogen and oxygen atoms in total. The zero-order chi connectivity index (χ0) is 21.5. The summed E-state index contributed by atoms with van der Waals surface area (Å²) in [6, 6.07) is 14.8. The van der Waals surface area contributed by atoms with Crippen molar-refractivity contribution >= 4 is 11.2 Å². The number of anilines is 1. The monoisotopic (exact) mass is 417 g/mol. The second-order valence-electron chi connectivity index (χ2n) is 8.33. The molecule has 0 aliphatic carbocycles. The first kappa shape index (κ1) is 19.5. The van der Waals surface area contributed by atoms with Crippen LogP contribution in [0.5, 0.6) is 0 Å². The molecule has 0 atom stereocenters. The molecular formula is C24H24FN5O. The smallest absolute Gasteiger partial charge is 0.274 e. The maximum atomic E-state index is 13.3. The summed E-state index contributed by atoms with van der Waals surface area (Å²) in [5, 5.41) is 0. The third-order valence-electron chi connectivity index (χ3n) is 5.92. The first-order chi connectivity index (χ1) is 15.0. The Morgan fingerprint density at radius 2 is 1.81 bits per heavy atom. The highest BCUT2D eigenvalue weighted by Gasteiger charge is 2.28. The molecule has 1 saturated heterocycles. The van der Waals surface area contributed by atoms with Crippen molar-refractivity contribution in [3.63, 3.8) is 0 Å². The van der Waals surface area contributed by atoms with Crippen LogP contribution in [0, 0.1) is 5.82 Å². The van der Waals surface area contributed by atoms with Gasteiger partial charge in [-0.2, -0.15) is 0 Å². The molecule has 0 amide bonds. The molecule has 158 valence electrons. The summed E-state index contributed by atoms with van der Waals surface area (Å²) < 4.78 is 15.1. The summed E-state index contributed by atoms with van der Waals surface area (Å²) in [6.45, 7) is 2.57. The molecule has 0 saturated carbocycles. The van der Waals surface area contributed by atoms with Crippen LogP contribution in [-0.2, 0) is 6.54 Å². The average molecular weight is 417 g/mol. The molecule has 1 aliphatic heterocycles. The minimum atomic E-state index is -0.299. The second-order valence-corrected chi connectivity index (χ2v) is 8.33. The molecule has 4 aromatic rings. The van der Waals surface area contributed by atoms with E-state index in [1.54, 1.807) is 22.7 Å². The van der Waals surface area contributed by atoms with Gasteiger partial charge in [0.25, 0.3) is 5.56 Å². The SMILES string of the molecule is CN(C)c1ccc(C2CN(Cc3cn4c(-c5ccc(F)cc5)ncc4c(=O)[nH]3)C2)cc1. The van der Waals surface area contributed by atoms with Crippen LogP contribution in [0.3, 0.4) is 0 Å². The van der Waals surface area contributed by atoms with Gasteiger partial charge in [0.05, 0.1) is 6.20 Å². The first-order valence-corrected chi connectivity index (χ1v) is 10.3. The van der Waals surface area contributed by atoms with Crippen molar-refractivity contribution in [3.05, 3.63) is 88.4 Å². The Morgan fingerprint density at radius 3 is 2.48 bits per heavy atom. The largest absolute Gasteiger partial charge is 0.378 e. The Labute approximate surface area is 179 Å². The third kappa shape index (κ3) is 3.72. The van der Waals surface area contributed by atoms with E-state index in [0.717, 1.165) is 24.3 Å². The number of fused-ring (bicyclic) bond motifs is 1. The molecule has 1 fully saturated rings. The highest BCUT2D eigenvalue weighted by atomic mass is 19.1. The molecule has 0 radical (unpaired) electrons. The Hall–Kier alpha value is -3.45. The van der Waals surface area contributed by atoms with Gasteiger partial charge in [0.2, 0.25) is 0 Å². The van der Waals surface area contributed by atoms with Gasteiger partial charge in [-0.25, -0.2) is 9.37 Å². The molecule has 1 N–H and O–H groups in total. The fourth-order valence-corrected chi connectivity index (χ4v) is 4.15. The molecule has 31 heavy (non-hydrogen) atoms. The van der Waals surface area contributed by atoms with E-state index in [1.807, 2.05) is 20.3 Å². The predicted octanol–water partition coefficient (Wildman–Crippen LogP) is 3.49. The normalized spacial score (nSPS) is 14.7. The summed E-state index contributed by atoms with van der Waals surface area (Å²) >= 11 is 0. The second kappa shape index (κ2) is 7.67. The zero-order valence-corrected chi connectivity index (χ0v) is 17.5. The van der Waals surface area contributed by atoms with Crippen LogP contribution in [0.15, 0.2) is 65.7 Å². The molecule has 3 heterocycles. The Morgan fingerprint density at radius 1 is 1.10 bits per heavy atom. The molecule has 0 bridgehead atoms. The van der Waals surface area contributed by atoms with E-state index in [9.17, 15) is 9.18 Å².